The van der Waals surface area contributed by atoms with Crippen molar-refractivity contribution in [1.29, 1.82) is 0 Å². The van der Waals surface area contributed by atoms with Crippen molar-refractivity contribution in [3.05, 3.63) is 30.1 Å². The number of carbonyl (C=O) groups is 2. The standard InChI is InChI=1S/C13H15NO2.Na/c1-13(2)7-10(15)12(11(16)8-13)9-5-3-4-6-14-9;/h3-6,12H,7-8H2,1-2H3;/q;+1. The first kappa shape index (κ1) is 14.6. The zero-order valence-electron chi connectivity index (χ0n) is 10.6. The molecule has 2 rings (SSSR count). The molecule has 1 aromatic heterocycles. The zero-order chi connectivity index (χ0) is 11.8. The Kier molecular flexibility index (Phi) is 4.64. The number of carbonyl (C=O) groups excluding carboxylic acids is 2. The van der Waals surface area contributed by atoms with Gasteiger partial charge in [0.2, 0.25) is 0 Å². The van der Waals surface area contributed by atoms with Gasteiger partial charge in [-0.15, -0.1) is 0 Å². The number of rotatable bonds is 1. The Morgan fingerprint density at radius 1 is 1.18 bits per heavy atom. The molecule has 1 aliphatic rings. The van der Waals surface area contributed by atoms with Gasteiger partial charge in [0.25, 0.3) is 0 Å². The average Bonchev–Trinajstić information content (AvgIpc) is 2.16. The summed E-state index contributed by atoms with van der Waals surface area (Å²) in [6.45, 7) is 3.91. The van der Waals surface area contributed by atoms with Gasteiger partial charge in [-0.05, 0) is 17.5 Å². The predicted molar refractivity (Wildman–Crippen MR) is 60.0 cm³/mol. The normalized spacial score (nSPS) is 19.9. The molecule has 0 spiro atoms. The summed E-state index contributed by atoms with van der Waals surface area (Å²) in [7, 11) is 0. The summed E-state index contributed by atoms with van der Waals surface area (Å²) >= 11 is 0. The van der Waals surface area contributed by atoms with Gasteiger partial charge < -0.3 is 0 Å². The van der Waals surface area contributed by atoms with Crippen LogP contribution in [0, 0.1) is 5.41 Å². The van der Waals surface area contributed by atoms with Crippen molar-refractivity contribution < 1.29 is 39.1 Å². The maximum Gasteiger partial charge on any atom is 1.00 e. The Morgan fingerprint density at radius 2 is 1.76 bits per heavy atom. The van der Waals surface area contributed by atoms with Gasteiger partial charge in [0.15, 0.2) is 0 Å². The molecule has 4 heteroatoms. The number of pyridine rings is 1. The Bertz CT molecular complexity index is 408. The molecule has 1 aliphatic carbocycles. The number of nitrogens with zero attached hydrogens (tertiary/aromatic N) is 1. The van der Waals surface area contributed by atoms with Crippen molar-refractivity contribution in [2.24, 2.45) is 5.41 Å². The summed E-state index contributed by atoms with van der Waals surface area (Å²) in [5, 5.41) is 0. The summed E-state index contributed by atoms with van der Waals surface area (Å²) in [5.74, 6) is -0.630. The average molecular weight is 240 g/mol. The number of aromatic nitrogens is 1. The maximum atomic E-state index is 12.0. The van der Waals surface area contributed by atoms with E-state index in [1.165, 1.54) is 0 Å². The van der Waals surface area contributed by atoms with Crippen LogP contribution in [0.2, 0.25) is 0 Å². The number of ketones is 2. The van der Waals surface area contributed by atoms with E-state index in [-0.39, 0.29) is 46.5 Å². The van der Waals surface area contributed by atoms with Crippen molar-refractivity contribution in [3.63, 3.8) is 0 Å². The number of hydrogen-bond acceptors (Lipinski definition) is 3. The molecule has 0 aromatic carbocycles. The fraction of sp³-hybridized carbons (Fsp3) is 0.462. The van der Waals surface area contributed by atoms with Crippen LogP contribution < -0.4 is 29.6 Å². The van der Waals surface area contributed by atoms with Gasteiger partial charge in [-0.3, -0.25) is 14.6 Å². The van der Waals surface area contributed by atoms with Crippen molar-refractivity contribution in [2.75, 3.05) is 0 Å². The van der Waals surface area contributed by atoms with E-state index in [1.54, 1.807) is 18.3 Å². The molecule has 1 fully saturated rings. The quantitative estimate of drug-likeness (QED) is 0.473. The molecule has 0 aliphatic heterocycles. The van der Waals surface area contributed by atoms with E-state index < -0.39 is 5.92 Å². The number of hydrogen-bond donors (Lipinski definition) is 0. The molecule has 0 N–H and O–H groups in total. The summed E-state index contributed by atoms with van der Waals surface area (Å²) in [6.07, 6.45) is 2.54. The van der Waals surface area contributed by atoms with Gasteiger partial charge >= 0.3 is 29.6 Å². The van der Waals surface area contributed by atoms with Crippen LogP contribution in [0.5, 0.6) is 0 Å². The summed E-state index contributed by atoms with van der Waals surface area (Å²) in [4.78, 5) is 28.0. The third kappa shape index (κ3) is 3.24. The monoisotopic (exact) mass is 240 g/mol. The zero-order valence-corrected chi connectivity index (χ0v) is 12.6. The van der Waals surface area contributed by atoms with E-state index in [0.717, 1.165) is 0 Å². The second-order valence-corrected chi connectivity index (χ2v) is 5.14. The summed E-state index contributed by atoms with van der Waals surface area (Å²) in [5.41, 5.74) is 0.396. The molecule has 1 heterocycles. The molecule has 0 atom stereocenters. The van der Waals surface area contributed by atoms with Crippen LogP contribution in [0.4, 0.5) is 0 Å². The molecule has 0 bridgehead atoms. The van der Waals surface area contributed by atoms with Gasteiger partial charge in [-0.1, -0.05) is 19.9 Å². The first-order valence-electron chi connectivity index (χ1n) is 5.46. The number of Topliss-reactive ketones (excluding diaryl/α,β-unsaturated/α-hetero) is 2. The third-order valence-electron chi connectivity index (χ3n) is 2.93. The van der Waals surface area contributed by atoms with E-state index in [2.05, 4.69) is 4.98 Å². The molecule has 1 aromatic rings. The van der Waals surface area contributed by atoms with E-state index in [9.17, 15) is 9.59 Å². The first-order chi connectivity index (χ1) is 7.49. The minimum atomic E-state index is -0.630. The first-order valence-corrected chi connectivity index (χ1v) is 5.46. The largest absolute Gasteiger partial charge is 1.00 e. The SMILES string of the molecule is CC1(C)CC(=O)C(c2ccccn2)C(=O)C1.[Na+]. The second kappa shape index (κ2) is 5.42. The fourth-order valence-corrected chi connectivity index (χ4v) is 2.27. The van der Waals surface area contributed by atoms with Gasteiger partial charge in [-0.2, -0.15) is 0 Å². The van der Waals surface area contributed by atoms with E-state index >= 15 is 0 Å². The molecule has 0 amide bonds. The Labute approximate surface area is 123 Å². The van der Waals surface area contributed by atoms with E-state index in [1.807, 2.05) is 19.9 Å². The molecule has 0 unspecified atom stereocenters. The molecule has 3 nitrogen and oxygen atoms in total. The van der Waals surface area contributed by atoms with Gasteiger partial charge in [0.05, 0.1) is 5.69 Å². The second-order valence-electron chi connectivity index (χ2n) is 5.14. The van der Waals surface area contributed by atoms with Gasteiger partial charge in [0, 0.05) is 19.0 Å². The van der Waals surface area contributed by atoms with Crippen molar-refractivity contribution >= 4 is 11.6 Å². The van der Waals surface area contributed by atoms with Crippen LogP contribution in [0.1, 0.15) is 38.3 Å². The van der Waals surface area contributed by atoms with E-state index in [0.29, 0.717) is 18.5 Å². The molecule has 0 saturated heterocycles. The van der Waals surface area contributed by atoms with Crippen molar-refractivity contribution in [3.8, 4) is 0 Å². The van der Waals surface area contributed by atoms with Crippen LogP contribution >= 0.6 is 0 Å². The Balaban J connectivity index is 0.00000144. The topological polar surface area (TPSA) is 47.0 Å². The molecule has 0 radical (unpaired) electrons. The van der Waals surface area contributed by atoms with E-state index in [4.69, 9.17) is 0 Å². The van der Waals surface area contributed by atoms with Crippen LogP contribution in [0.3, 0.4) is 0 Å². The van der Waals surface area contributed by atoms with Crippen molar-refractivity contribution in [1.82, 2.24) is 4.98 Å². The Hall–Kier alpha value is -0.510. The Morgan fingerprint density at radius 3 is 2.24 bits per heavy atom. The molecular formula is C13H15NNaO2+. The minimum Gasteiger partial charge on any atom is -0.298 e. The third-order valence-corrected chi connectivity index (χ3v) is 2.93. The van der Waals surface area contributed by atoms with Gasteiger partial charge in [-0.25, -0.2) is 0 Å². The molecule has 1 saturated carbocycles. The molecule has 17 heavy (non-hydrogen) atoms. The van der Waals surface area contributed by atoms with Gasteiger partial charge in [0.1, 0.15) is 17.5 Å². The molecule has 84 valence electrons. The van der Waals surface area contributed by atoms with Crippen LogP contribution in [-0.2, 0) is 9.59 Å². The predicted octanol–water partition coefficient (Wildman–Crippen LogP) is -0.873. The molecular weight excluding hydrogens is 225 g/mol. The summed E-state index contributed by atoms with van der Waals surface area (Å²) < 4.78 is 0. The maximum absolute atomic E-state index is 12.0. The van der Waals surface area contributed by atoms with Crippen molar-refractivity contribution in [2.45, 2.75) is 32.6 Å². The summed E-state index contributed by atoms with van der Waals surface area (Å²) in [6, 6.07) is 5.34. The fourth-order valence-electron chi connectivity index (χ4n) is 2.27. The smallest absolute Gasteiger partial charge is 0.298 e. The van der Waals surface area contributed by atoms with Crippen LogP contribution in [0.15, 0.2) is 24.4 Å². The minimum absolute atomic E-state index is 0. The van der Waals surface area contributed by atoms with Crippen LogP contribution in [-0.4, -0.2) is 16.6 Å². The van der Waals surface area contributed by atoms with Crippen LogP contribution in [0.25, 0.3) is 0 Å².